The highest BCUT2D eigenvalue weighted by Crippen LogP contribution is 2.39. The van der Waals surface area contributed by atoms with E-state index in [0.29, 0.717) is 29.0 Å². The summed E-state index contributed by atoms with van der Waals surface area (Å²) in [6.07, 6.45) is -3.10. The van der Waals surface area contributed by atoms with E-state index in [0.717, 1.165) is 23.0 Å². The molecule has 8 nitrogen and oxygen atoms in total. The minimum absolute atomic E-state index is 0.0645. The van der Waals surface area contributed by atoms with Gasteiger partial charge in [0.25, 0.3) is 11.5 Å². The molecule has 0 radical (unpaired) electrons. The molecule has 0 aliphatic carbocycles. The number of halogens is 5. The number of fused-ring (bicyclic) bond motifs is 1. The number of rotatable bonds is 4. The molecule has 0 spiro atoms. The molecule has 0 bridgehead atoms. The van der Waals surface area contributed by atoms with Crippen molar-refractivity contribution < 1.29 is 22.7 Å². The van der Waals surface area contributed by atoms with E-state index >= 15 is 0 Å². The van der Waals surface area contributed by atoms with Gasteiger partial charge in [0, 0.05) is 17.8 Å². The lowest BCUT2D eigenvalue weighted by Gasteiger charge is -2.29. The maximum atomic E-state index is 13.1. The molecule has 0 fully saturated rings. The smallest absolute Gasteiger partial charge is 0.416 e. The van der Waals surface area contributed by atoms with E-state index in [1.807, 2.05) is 0 Å². The fourth-order valence-corrected chi connectivity index (χ4v) is 4.58. The summed E-state index contributed by atoms with van der Waals surface area (Å²) in [4.78, 5) is 39.8. The molecular formula is C25H15Cl2F3N4O4. The Balaban J connectivity index is 1.38. The number of hydrogen-bond acceptors (Lipinski definition) is 5. The molecule has 0 saturated carbocycles. The molecule has 1 N–H and O–H groups in total. The van der Waals surface area contributed by atoms with Crippen molar-refractivity contribution in [2.75, 3.05) is 11.4 Å². The second kappa shape index (κ2) is 9.66. The van der Waals surface area contributed by atoms with Crippen LogP contribution in [0, 0.1) is 0 Å². The van der Waals surface area contributed by atoms with E-state index in [9.17, 15) is 27.6 Å². The lowest BCUT2D eigenvalue weighted by Crippen LogP contribution is -2.37. The first kappa shape index (κ1) is 25.6. The second-order valence-corrected chi connectivity index (χ2v) is 9.08. The third-order valence-electron chi connectivity index (χ3n) is 5.82. The monoisotopic (exact) mass is 562 g/mol. The first-order valence-corrected chi connectivity index (χ1v) is 11.7. The van der Waals surface area contributed by atoms with E-state index in [2.05, 4.69) is 10.1 Å². The number of nitrogens with zero attached hydrogens (tertiary/aromatic N) is 3. The van der Waals surface area contributed by atoms with Crippen LogP contribution < -0.4 is 20.9 Å². The predicted molar refractivity (Wildman–Crippen MR) is 134 cm³/mol. The number of nitrogens with one attached hydrogen (secondary N) is 1. The van der Waals surface area contributed by atoms with Crippen molar-refractivity contribution in [2.24, 2.45) is 0 Å². The number of anilines is 1. The number of ether oxygens (including phenoxy) is 1. The lowest BCUT2D eigenvalue weighted by atomic mass is 9.98. The highest BCUT2D eigenvalue weighted by molar-refractivity contribution is 6.37. The third kappa shape index (κ3) is 4.90. The van der Waals surface area contributed by atoms with E-state index in [1.54, 1.807) is 18.2 Å². The van der Waals surface area contributed by atoms with Gasteiger partial charge in [0.05, 0.1) is 21.3 Å². The third-order valence-corrected chi connectivity index (χ3v) is 6.39. The largest absolute Gasteiger partial charge is 0.454 e. The number of amides is 1. The number of alkyl halides is 3. The number of carbonyl (C=O) groups is 1. The summed E-state index contributed by atoms with van der Waals surface area (Å²) in [5, 5.41) is 3.89. The van der Waals surface area contributed by atoms with E-state index in [-0.39, 0.29) is 33.9 Å². The standard InChI is InChI=1S/C25H15Cl2F3N4O4/c26-19-10-16(34-24(37)32-21(35)12-31-34)11-20(27)22(19)38-17-5-6-18-13(9-17)7-8-33(23(18)36)15-3-1-14(2-4-15)25(28,29)30/h1-6,9-12H,7-8H2,(H,32,35,37). The summed E-state index contributed by atoms with van der Waals surface area (Å²) >= 11 is 12.7. The quantitative estimate of drug-likeness (QED) is 0.367. The van der Waals surface area contributed by atoms with E-state index < -0.39 is 23.0 Å². The van der Waals surface area contributed by atoms with Crippen molar-refractivity contribution in [3.63, 3.8) is 0 Å². The fraction of sp³-hybridized carbons (Fsp3) is 0.120. The van der Waals surface area contributed by atoms with Gasteiger partial charge in [-0.1, -0.05) is 23.2 Å². The number of carbonyl (C=O) groups excluding carboxylic acids is 1. The molecule has 1 amide bonds. The van der Waals surface area contributed by atoms with Crippen LogP contribution >= 0.6 is 23.2 Å². The molecular weight excluding hydrogens is 548 g/mol. The van der Waals surface area contributed by atoms with Crippen molar-refractivity contribution in [3.05, 3.63) is 108 Å². The maximum Gasteiger partial charge on any atom is 0.416 e. The molecule has 0 unspecified atom stereocenters. The van der Waals surface area contributed by atoms with Crippen molar-refractivity contribution in [1.29, 1.82) is 0 Å². The molecule has 5 rings (SSSR count). The number of hydrogen-bond donors (Lipinski definition) is 1. The molecule has 194 valence electrons. The molecule has 4 aromatic rings. The Morgan fingerprint density at radius 1 is 0.921 bits per heavy atom. The molecule has 38 heavy (non-hydrogen) atoms. The number of H-pyrrole nitrogens is 1. The Morgan fingerprint density at radius 2 is 1.61 bits per heavy atom. The molecule has 3 aromatic carbocycles. The van der Waals surface area contributed by atoms with Crippen LogP contribution in [0.4, 0.5) is 18.9 Å². The fourth-order valence-electron chi connectivity index (χ4n) is 4.03. The lowest BCUT2D eigenvalue weighted by molar-refractivity contribution is -0.137. The zero-order valence-electron chi connectivity index (χ0n) is 19.1. The minimum atomic E-state index is -4.46. The summed E-state index contributed by atoms with van der Waals surface area (Å²) in [5.41, 5.74) is -0.583. The average molecular weight is 563 g/mol. The minimum Gasteiger partial charge on any atom is -0.454 e. The summed E-state index contributed by atoms with van der Waals surface area (Å²) < 4.78 is 45.4. The van der Waals surface area contributed by atoms with Crippen LogP contribution in [0.2, 0.25) is 10.0 Å². The van der Waals surface area contributed by atoms with Gasteiger partial charge in [0.1, 0.15) is 11.9 Å². The first-order valence-electron chi connectivity index (χ1n) is 11.0. The van der Waals surface area contributed by atoms with Crippen LogP contribution in [0.25, 0.3) is 5.69 Å². The Morgan fingerprint density at radius 3 is 2.24 bits per heavy atom. The second-order valence-electron chi connectivity index (χ2n) is 8.26. The van der Waals surface area contributed by atoms with Gasteiger partial charge in [-0.2, -0.15) is 23.0 Å². The highest BCUT2D eigenvalue weighted by atomic mass is 35.5. The average Bonchev–Trinajstić information content (AvgIpc) is 2.86. The Kier molecular flexibility index (Phi) is 6.49. The topological polar surface area (TPSA) is 97.3 Å². The van der Waals surface area contributed by atoms with Crippen molar-refractivity contribution >= 4 is 34.8 Å². The SMILES string of the molecule is O=C1c2ccc(Oc3c(Cl)cc(-n4ncc(=O)[nH]c4=O)cc3Cl)cc2CCN1c1ccc(C(F)(F)F)cc1. The normalized spacial score (nSPS) is 13.4. The Labute approximate surface area is 221 Å². The van der Waals surface area contributed by atoms with Gasteiger partial charge < -0.3 is 9.64 Å². The molecule has 2 heterocycles. The summed E-state index contributed by atoms with van der Waals surface area (Å²) in [6, 6.07) is 12.0. The molecule has 13 heteroatoms. The van der Waals surface area contributed by atoms with Gasteiger partial charge in [0.2, 0.25) is 0 Å². The van der Waals surface area contributed by atoms with Crippen LogP contribution in [-0.2, 0) is 12.6 Å². The van der Waals surface area contributed by atoms with Crippen LogP contribution in [0.15, 0.2) is 70.4 Å². The van der Waals surface area contributed by atoms with Gasteiger partial charge in [-0.25, -0.2) is 4.79 Å². The van der Waals surface area contributed by atoms with Crippen LogP contribution in [-0.4, -0.2) is 27.2 Å². The molecule has 1 aliphatic rings. The van der Waals surface area contributed by atoms with Gasteiger partial charge in [-0.15, -0.1) is 0 Å². The maximum absolute atomic E-state index is 13.1. The number of aromatic amines is 1. The Bertz CT molecular complexity index is 1660. The number of aromatic nitrogens is 3. The van der Waals surface area contributed by atoms with Crippen molar-refractivity contribution in [2.45, 2.75) is 12.6 Å². The summed E-state index contributed by atoms with van der Waals surface area (Å²) in [5.74, 6) is 0.0928. The Hall–Kier alpha value is -4.09. The zero-order chi connectivity index (χ0) is 27.2. The van der Waals surface area contributed by atoms with Gasteiger partial charge >= 0.3 is 11.9 Å². The summed E-state index contributed by atoms with van der Waals surface area (Å²) in [6.45, 7) is 0.262. The van der Waals surface area contributed by atoms with E-state index in [1.165, 1.54) is 29.2 Å². The van der Waals surface area contributed by atoms with Crippen molar-refractivity contribution in [3.8, 4) is 17.2 Å². The van der Waals surface area contributed by atoms with Gasteiger partial charge in [-0.3, -0.25) is 14.6 Å². The van der Waals surface area contributed by atoms with Crippen LogP contribution in [0.1, 0.15) is 21.5 Å². The van der Waals surface area contributed by atoms with Gasteiger partial charge in [0.15, 0.2) is 5.75 Å². The first-order chi connectivity index (χ1) is 18.0. The highest BCUT2D eigenvalue weighted by Gasteiger charge is 2.31. The zero-order valence-corrected chi connectivity index (χ0v) is 20.6. The van der Waals surface area contributed by atoms with Crippen LogP contribution in [0.5, 0.6) is 11.5 Å². The molecule has 0 atom stereocenters. The van der Waals surface area contributed by atoms with Crippen molar-refractivity contribution in [1.82, 2.24) is 14.8 Å². The van der Waals surface area contributed by atoms with Gasteiger partial charge in [-0.05, 0) is 66.6 Å². The predicted octanol–water partition coefficient (Wildman–Crippen LogP) is 5.24. The number of benzene rings is 3. The summed E-state index contributed by atoms with van der Waals surface area (Å²) in [7, 11) is 0. The molecule has 1 aliphatic heterocycles. The van der Waals surface area contributed by atoms with E-state index in [4.69, 9.17) is 27.9 Å². The molecule has 0 saturated heterocycles. The molecule has 1 aromatic heterocycles. The van der Waals surface area contributed by atoms with Crippen LogP contribution in [0.3, 0.4) is 0 Å².